The second kappa shape index (κ2) is 5.35. The lowest BCUT2D eigenvalue weighted by molar-refractivity contribution is 0.294. The Morgan fingerprint density at radius 3 is 2.86 bits per heavy atom. The Hall–Kier alpha value is -1.52. The summed E-state index contributed by atoms with van der Waals surface area (Å²) < 4.78 is 19.6. The molecule has 0 spiro atoms. The molecule has 0 bridgehead atoms. The van der Waals surface area contributed by atoms with E-state index in [1.165, 1.54) is 5.56 Å². The Kier molecular flexibility index (Phi) is 3.36. The summed E-state index contributed by atoms with van der Waals surface area (Å²) >= 11 is 1.62. The maximum absolute atomic E-state index is 13.9. The molecule has 2 aromatic rings. The second-order valence-electron chi connectivity index (χ2n) is 5.42. The van der Waals surface area contributed by atoms with E-state index in [2.05, 4.69) is 11.4 Å². The first-order valence-corrected chi connectivity index (χ1v) is 8.20. The van der Waals surface area contributed by atoms with Gasteiger partial charge in [-0.1, -0.05) is 30.3 Å². The highest BCUT2D eigenvalue weighted by atomic mass is 32.2. The van der Waals surface area contributed by atoms with Crippen LogP contribution < -0.4 is 10.1 Å². The van der Waals surface area contributed by atoms with E-state index >= 15 is 0 Å². The third-order valence-electron chi connectivity index (χ3n) is 4.13. The maximum atomic E-state index is 13.9. The van der Waals surface area contributed by atoms with Crippen molar-refractivity contribution in [1.29, 1.82) is 0 Å². The first-order valence-electron chi connectivity index (χ1n) is 7.22. The summed E-state index contributed by atoms with van der Waals surface area (Å²) in [6.07, 6.45) is 1.01. The SMILES string of the molecule is Fc1cccc2c1SCCC2NC1COc2ccccc21. The largest absolute Gasteiger partial charge is 0.491 e. The number of thioether (sulfide) groups is 1. The number of ether oxygens (including phenoxy) is 1. The molecule has 4 heteroatoms. The fraction of sp³-hybridized carbons (Fsp3) is 0.294. The van der Waals surface area contributed by atoms with Crippen molar-refractivity contribution in [3.8, 4) is 5.75 Å². The molecular formula is C17H16FNOS. The number of halogens is 1. The van der Waals surface area contributed by atoms with Gasteiger partial charge in [0.2, 0.25) is 0 Å². The molecule has 0 fully saturated rings. The molecule has 0 aromatic heterocycles. The molecule has 2 atom stereocenters. The number of hydrogen-bond acceptors (Lipinski definition) is 3. The van der Waals surface area contributed by atoms with Crippen molar-refractivity contribution in [3.05, 3.63) is 59.4 Å². The molecule has 0 saturated heterocycles. The minimum atomic E-state index is -0.105. The van der Waals surface area contributed by atoms with Crippen LogP contribution in [0.25, 0.3) is 0 Å². The summed E-state index contributed by atoms with van der Waals surface area (Å²) in [4.78, 5) is 0.799. The molecule has 0 amide bonds. The van der Waals surface area contributed by atoms with Crippen LogP contribution in [0.2, 0.25) is 0 Å². The molecule has 2 heterocycles. The first-order chi connectivity index (χ1) is 10.3. The van der Waals surface area contributed by atoms with Gasteiger partial charge in [0.25, 0.3) is 0 Å². The zero-order valence-corrected chi connectivity index (χ0v) is 12.3. The van der Waals surface area contributed by atoms with Gasteiger partial charge in [0.1, 0.15) is 18.2 Å². The van der Waals surface area contributed by atoms with Crippen molar-refractivity contribution >= 4 is 11.8 Å². The van der Waals surface area contributed by atoms with Gasteiger partial charge in [-0.2, -0.15) is 0 Å². The van der Waals surface area contributed by atoms with Crippen molar-refractivity contribution in [1.82, 2.24) is 5.32 Å². The van der Waals surface area contributed by atoms with Crippen molar-refractivity contribution in [3.63, 3.8) is 0 Å². The minimum absolute atomic E-state index is 0.105. The molecule has 21 heavy (non-hydrogen) atoms. The number of fused-ring (bicyclic) bond motifs is 2. The lowest BCUT2D eigenvalue weighted by Crippen LogP contribution is -2.30. The van der Waals surface area contributed by atoms with Crippen LogP contribution in [-0.4, -0.2) is 12.4 Å². The van der Waals surface area contributed by atoms with Gasteiger partial charge < -0.3 is 4.74 Å². The normalized spacial score (nSPS) is 23.3. The average molecular weight is 301 g/mol. The summed E-state index contributed by atoms with van der Waals surface area (Å²) in [5, 5.41) is 3.65. The van der Waals surface area contributed by atoms with Crippen LogP contribution in [0.15, 0.2) is 47.4 Å². The summed E-state index contributed by atoms with van der Waals surface area (Å²) in [5.41, 5.74) is 2.28. The molecule has 2 aromatic carbocycles. The number of benzene rings is 2. The van der Waals surface area contributed by atoms with Crippen molar-refractivity contribution in [2.24, 2.45) is 0 Å². The summed E-state index contributed by atoms with van der Waals surface area (Å²) in [6.45, 7) is 0.646. The third kappa shape index (κ3) is 2.32. The Bertz CT molecular complexity index is 676. The van der Waals surface area contributed by atoms with Crippen LogP contribution in [-0.2, 0) is 0 Å². The molecule has 2 aliphatic heterocycles. The van der Waals surface area contributed by atoms with Gasteiger partial charge in [0.15, 0.2) is 0 Å². The van der Waals surface area contributed by atoms with Crippen molar-refractivity contribution in [2.45, 2.75) is 23.4 Å². The van der Waals surface area contributed by atoms with Gasteiger partial charge in [0, 0.05) is 16.5 Å². The van der Waals surface area contributed by atoms with E-state index in [-0.39, 0.29) is 17.9 Å². The highest BCUT2D eigenvalue weighted by Crippen LogP contribution is 2.40. The average Bonchev–Trinajstić information content (AvgIpc) is 2.92. The van der Waals surface area contributed by atoms with Crippen LogP contribution in [0, 0.1) is 5.82 Å². The van der Waals surface area contributed by atoms with E-state index in [1.54, 1.807) is 23.9 Å². The third-order valence-corrected chi connectivity index (χ3v) is 5.29. The van der Waals surface area contributed by atoms with E-state index in [0.29, 0.717) is 6.61 Å². The monoisotopic (exact) mass is 301 g/mol. The van der Waals surface area contributed by atoms with Gasteiger partial charge >= 0.3 is 0 Å². The minimum Gasteiger partial charge on any atom is -0.491 e. The predicted molar refractivity (Wildman–Crippen MR) is 82.3 cm³/mol. The van der Waals surface area contributed by atoms with Gasteiger partial charge in [-0.3, -0.25) is 5.32 Å². The highest BCUT2D eigenvalue weighted by molar-refractivity contribution is 7.99. The van der Waals surface area contributed by atoms with Gasteiger partial charge in [-0.15, -0.1) is 11.8 Å². The highest BCUT2D eigenvalue weighted by Gasteiger charge is 2.29. The fourth-order valence-electron chi connectivity index (χ4n) is 3.10. The predicted octanol–water partition coefficient (Wildman–Crippen LogP) is 4.09. The van der Waals surface area contributed by atoms with Gasteiger partial charge in [-0.25, -0.2) is 4.39 Å². The van der Waals surface area contributed by atoms with Crippen LogP contribution in [0.3, 0.4) is 0 Å². The molecule has 2 nitrogen and oxygen atoms in total. The van der Waals surface area contributed by atoms with E-state index in [1.807, 2.05) is 24.3 Å². The lowest BCUT2D eigenvalue weighted by atomic mass is 10.0. The van der Waals surface area contributed by atoms with E-state index < -0.39 is 0 Å². The molecule has 1 N–H and O–H groups in total. The Morgan fingerprint density at radius 2 is 1.90 bits per heavy atom. The topological polar surface area (TPSA) is 21.3 Å². The summed E-state index contributed by atoms with van der Waals surface area (Å²) in [5.74, 6) is 1.80. The molecule has 0 saturated carbocycles. The fourth-order valence-corrected chi connectivity index (χ4v) is 4.24. The zero-order chi connectivity index (χ0) is 14.2. The summed E-state index contributed by atoms with van der Waals surface area (Å²) in [7, 11) is 0. The maximum Gasteiger partial charge on any atom is 0.137 e. The quantitative estimate of drug-likeness (QED) is 0.903. The Labute approximate surface area is 127 Å². The number of nitrogens with one attached hydrogen (secondary N) is 1. The van der Waals surface area contributed by atoms with Crippen LogP contribution in [0.1, 0.15) is 29.6 Å². The van der Waals surface area contributed by atoms with E-state index in [0.717, 1.165) is 28.4 Å². The van der Waals surface area contributed by atoms with E-state index in [9.17, 15) is 4.39 Å². The number of para-hydroxylation sites is 1. The van der Waals surface area contributed by atoms with Crippen LogP contribution >= 0.6 is 11.8 Å². The first kappa shape index (κ1) is 13.2. The molecule has 0 aliphatic carbocycles. The smallest absolute Gasteiger partial charge is 0.137 e. The zero-order valence-electron chi connectivity index (χ0n) is 11.5. The Balaban J connectivity index is 1.62. The second-order valence-corrected chi connectivity index (χ2v) is 6.52. The molecule has 4 rings (SSSR count). The molecule has 2 unspecified atom stereocenters. The molecule has 0 radical (unpaired) electrons. The van der Waals surface area contributed by atoms with Crippen molar-refractivity contribution < 1.29 is 9.13 Å². The van der Waals surface area contributed by atoms with Gasteiger partial charge in [0.05, 0.1) is 6.04 Å². The van der Waals surface area contributed by atoms with Crippen molar-refractivity contribution in [2.75, 3.05) is 12.4 Å². The molecule has 108 valence electrons. The van der Waals surface area contributed by atoms with Gasteiger partial charge in [-0.05, 0) is 29.9 Å². The Morgan fingerprint density at radius 1 is 1.05 bits per heavy atom. The van der Waals surface area contributed by atoms with Crippen LogP contribution in [0.5, 0.6) is 5.75 Å². The standard InChI is InChI=1S/C17H16FNOS/c18-13-6-3-5-12-14(8-9-21-17(12)13)19-15-10-20-16-7-2-1-4-11(15)16/h1-7,14-15,19H,8-10H2. The number of rotatable bonds is 2. The molecule has 2 aliphatic rings. The van der Waals surface area contributed by atoms with E-state index in [4.69, 9.17) is 4.74 Å². The number of hydrogen-bond donors (Lipinski definition) is 1. The molecular weight excluding hydrogens is 285 g/mol. The summed E-state index contributed by atoms with van der Waals surface area (Å²) in [6, 6.07) is 13.9. The lowest BCUT2D eigenvalue weighted by Gasteiger charge is -2.28. The van der Waals surface area contributed by atoms with Crippen LogP contribution in [0.4, 0.5) is 4.39 Å².